The van der Waals surface area contributed by atoms with Crippen LogP contribution in [-0.2, 0) is 4.79 Å². The molecule has 0 bridgehead atoms. The summed E-state index contributed by atoms with van der Waals surface area (Å²) in [5.74, 6) is -0.895. The van der Waals surface area contributed by atoms with Crippen molar-refractivity contribution in [2.75, 3.05) is 6.26 Å². The zero-order valence-electron chi connectivity index (χ0n) is 12.7. The molecule has 0 radical (unpaired) electrons. The van der Waals surface area contributed by atoms with Crippen LogP contribution in [0.1, 0.15) is 46.5 Å². The fourth-order valence-electron chi connectivity index (χ4n) is 2.42. The fourth-order valence-corrected chi connectivity index (χ4v) is 3.22. The predicted molar refractivity (Wildman–Crippen MR) is 82.1 cm³/mol. The average molecular weight is 302 g/mol. The lowest BCUT2D eigenvalue weighted by Gasteiger charge is -2.30. The predicted octanol–water partition coefficient (Wildman–Crippen LogP) is 2.46. The Balaban J connectivity index is 2.48. The standard InChI is InChI=1S/C14H26N2O3S/c1-14(2,3)11(8-12(17)18)16-13(19)15-9-5-6-10(7-9)20-4/h9-11H,5-8H2,1-4H3,(H,17,18)(H2,15,16,19). The number of carbonyl (C=O) groups is 2. The molecule has 0 spiro atoms. The molecule has 3 atom stereocenters. The third kappa shape index (κ3) is 5.61. The Labute approximate surface area is 125 Å². The molecule has 20 heavy (non-hydrogen) atoms. The van der Waals surface area contributed by atoms with E-state index in [4.69, 9.17) is 5.11 Å². The third-order valence-electron chi connectivity index (χ3n) is 3.78. The van der Waals surface area contributed by atoms with Crippen molar-refractivity contribution < 1.29 is 14.7 Å². The SMILES string of the molecule is CSC1CCC(NC(=O)NC(CC(=O)O)C(C)(C)C)C1. The van der Waals surface area contributed by atoms with Gasteiger partial charge in [-0.05, 0) is 30.9 Å². The molecular weight excluding hydrogens is 276 g/mol. The minimum atomic E-state index is -0.895. The summed E-state index contributed by atoms with van der Waals surface area (Å²) in [5.41, 5.74) is -0.285. The largest absolute Gasteiger partial charge is 0.481 e. The van der Waals surface area contributed by atoms with Crippen LogP contribution in [0.5, 0.6) is 0 Å². The first-order valence-electron chi connectivity index (χ1n) is 7.04. The van der Waals surface area contributed by atoms with Crippen molar-refractivity contribution in [3.05, 3.63) is 0 Å². The van der Waals surface area contributed by atoms with Gasteiger partial charge in [0.2, 0.25) is 0 Å². The lowest BCUT2D eigenvalue weighted by Crippen LogP contribution is -2.50. The molecule has 1 aliphatic carbocycles. The number of carboxylic acid groups (broad SMARTS) is 1. The summed E-state index contributed by atoms with van der Waals surface area (Å²) in [4.78, 5) is 22.9. The number of carbonyl (C=O) groups excluding carboxylic acids is 1. The summed E-state index contributed by atoms with van der Waals surface area (Å²) in [6.07, 6.45) is 5.15. The maximum absolute atomic E-state index is 12.0. The molecule has 1 saturated carbocycles. The highest BCUT2D eigenvalue weighted by molar-refractivity contribution is 7.99. The Hall–Kier alpha value is -0.910. The molecule has 3 unspecified atom stereocenters. The smallest absolute Gasteiger partial charge is 0.315 e. The van der Waals surface area contributed by atoms with Crippen LogP contribution in [0.25, 0.3) is 0 Å². The lowest BCUT2D eigenvalue weighted by atomic mass is 9.85. The molecule has 1 rings (SSSR count). The molecular formula is C14H26N2O3S. The van der Waals surface area contributed by atoms with Crippen molar-refractivity contribution in [2.24, 2.45) is 5.41 Å². The van der Waals surface area contributed by atoms with Gasteiger partial charge in [-0.3, -0.25) is 4.79 Å². The number of urea groups is 1. The molecule has 0 aromatic heterocycles. The number of thioether (sulfide) groups is 1. The monoisotopic (exact) mass is 302 g/mol. The fraction of sp³-hybridized carbons (Fsp3) is 0.857. The second-order valence-electron chi connectivity index (χ2n) is 6.50. The molecule has 1 aliphatic rings. The van der Waals surface area contributed by atoms with Crippen molar-refractivity contribution in [1.82, 2.24) is 10.6 Å². The summed E-state index contributed by atoms with van der Waals surface area (Å²) in [5, 5.41) is 15.3. The van der Waals surface area contributed by atoms with Crippen molar-refractivity contribution >= 4 is 23.8 Å². The maximum atomic E-state index is 12.0. The molecule has 1 fully saturated rings. The highest BCUT2D eigenvalue weighted by atomic mass is 32.2. The number of nitrogens with one attached hydrogen (secondary N) is 2. The third-order valence-corrected chi connectivity index (χ3v) is 4.88. The molecule has 0 aromatic rings. The van der Waals surface area contributed by atoms with Crippen LogP contribution in [-0.4, -0.2) is 40.7 Å². The molecule has 5 nitrogen and oxygen atoms in total. The summed E-state index contributed by atoms with van der Waals surface area (Å²) < 4.78 is 0. The van der Waals surface area contributed by atoms with Crippen molar-refractivity contribution in [3.63, 3.8) is 0 Å². The summed E-state index contributed by atoms with van der Waals surface area (Å²) in [7, 11) is 0. The Morgan fingerprint density at radius 1 is 1.35 bits per heavy atom. The normalized spacial score (nSPS) is 24.2. The Kier molecular flexibility index (Phi) is 6.17. The van der Waals surface area contributed by atoms with Gasteiger partial charge in [-0.15, -0.1) is 0 Å². The van der Waals surface area contributed by atoms with E-state index < -0.39 is 5.97 Å². The second-order valence-corrected chi connectivity index (χ2v) is 7.64. The van der Waals surface area contributed by atoms with Gasteiger partial charge in [0.1, 0.15) is 0 Å². The number of hydrogen-bond donors (Lipinski definition) is 3. The van der Waals surface area contributed by atoms with Crippen LogP contribution in [0.15, 0.2) is 0 Å². The van der Waals surface area contributed by atoms with E-state index in [1.165, 1.54) is 0 Å². The number of rotatable bonds is 5. The summed E-state index contributed by atoms with van der Waals surface area (Å²) >= 11 is 1.84. The molecule has 2 amide bonds. The number of hydrogen-bond acceptors (Lipinski definition) is 3. The molecule has 116 valence electrons. The van der Waals surface area contributed by atoms with E-state index in [0.717, 1.165) is 19.3 Å². The van der Waals surface area contributed by atoms with Crippen molar-refractivity contribution in [1.29, 1.82) is 0 Å². The number of amides is 2. The minimum Gasteiger partial charge on any atom is -0.481 e. The van der Waals surface area contributed by atoms with Gasteiger partial charge in [-0.1, -0.05) is 20.8 Å². The van der Waals surface area contributed by atoms with Crippen molar-refractivity contribution in [2.45, 2.75) is 63.8 Å². The zero-order chi connectivity index (χ0) is 15.3. The van der Waals surface area contributed by atoms with Gasteiger partial charge in [-0.25, -0.2) is 4.79 Å². The van der Waals surface area contributed by atoms with E-state index in [9.17, 15) is 9.59 Å². The summed E-state index contributed by atoms with van der Waals surface area (Å²) in [6.45, 7) is 5.79. The quantitative estimate of drug-likeness (QED) is 0.729. The molecule has 0 aromatic carbocycles. The topological polar surface area (TPSA) is 78.4 Å². The van der Waals surface area contributed by atoms with E-state index in [-0.39, 0.29) is 30.0 Å². The van der Waals surface area contributed by atoms with Gasteiger partial charge in [0.05, 0.1) is 6.42 Å². The summed E-state index contributed by atoms with van der Waals surface area (Å²) in [6, 6.07) is -0.423. The van der Waals surface area contributed by atoms with Gasteiger partial charge in [0.25, 0.3) is 0 Å². The van der Waals surface area contributed by atoms with Crippen LogP contribution in [0, 0.1) is 5.41 Å². The van der Waals surface area contributed by atoms with Crippen LogP contribution in [0.3, 0.4) is 0 Å². The number of carboxylic acids is 1. The van der Waals surface area contributed by atoms with Crippen LogP contribution in [0.2, 0.25) is 0 Å². The first kappa shape index (κ1) is 17.1. The maximum Gasteiger partial charge on any atom is 0.315 e. The highest BCUT2D eigenvalue weighted by Crippen LogP contribution is 2.28. The minimum absolute atomic E-state index is 0.0605. The highest BCUT2D eigenvalue weighted by Gasteiger charge is 2.30. The Bertz CT molecular complexity index is 355. The van der Waals surface area contributed by atoms with Crippen LogP contribution >= 0.6 is 11.8 Å². The van der Waals surface area contributed by atoms with Gasteiger partial charge in [0.15, 0.2) is 0 Å². The molecule has 6 heteroatoms. The van der Waals surface area contributed by atoms with Gasteiger partial charge < -0.3 is 15.7 Å². The van der Waals surface area contributed by atoms with E-state index >= 15 is 0 Å². The number of aliphatic carboxylic acids is 1. The van der Waals surface area contributed by atoms with E-state index in [1.54, 1.807) is 0 Å². The van der Waals surface area contributed by atoms with Crippen molar-refractivity contribution in [3.8, 4) is 0 Å². The first-order valence-corrected chi connectivity index (χ1v) is 8.32. The van der Waals surface area contributed by atoms with Crippen LogP contribution < -0.4 is 10.6 Å². The lowest BCUT2D eigenvalue weighted by molar-refractivity contribution is -0.138. The Morgan fingerprint density at radius 2 is 2.00 bits per heavy atom. The second kappa shape index (κ2) is 7.20. The van der Waals surface area contributed by atoms with Gasteiger partial charge in [0, 0.05) is 17.3 Å². The van der Waals surface area contributed by atoms with E-state index in [2.05, 4.69) is 16.9 Å². The first-order chi connectivity index (χ1) is 9.22. The van der Waals surface area contributed by atoms with E-state index in [0.29, 0.717) is 5.25 Å². The zero-order valence-corrected chi connectivity index (χ0v) is 13.5. The van der Waals surface area contributed by atoms with Gasteiger partial charge in [-0.2, -0.15) is 11.8 Å². The molecule has 0 aliphatic heterocycles. The average Bonchev–Trinajstić information content (AvgIpc) is 2.74. The van der Waals surface area contributed by atoms with Gasteiger partial charge >= 0.3 is 12.0 Å². The molecule has 0 saturated heterocycles. The molecule has 3 N–H and O–H groups in total. The van der Waals surface area contributed by atoms with E-state index in [1.807, 2.05) is 32.5 Å². The molecule has 0 heterocycles. The van der Waals surface area contributed by atoms with Crippen LogP contribution in [0.4, 0.5) is 4.79 Å². The Morgan fingerprint density at radius 3 is 2.45 bits per heavy atom.